The van der Waals surface area contributed by atoms with Crippen molar-refractivity contribution >= 4 is 11.9 Å². The highest BCUT2D eigenvalue weighted by molar-refractivity contribution is 5.72. The average molecular weight is 295 g/mol. The Morgan fingerprint density at radius 1 is 1.29 bits per heavy atom. The number of aliphatic hydroxyl groups excluding tert-OH is 1. The Morgan fingerprint density at radius 2 is 1.90 bits per heavy atom. The molecule has 3 N–H and O–H groups in total. The molecule has 1 aliphatic rings. The summed E-state index contributed by atoms with van der Waals surface area (Å²) in [5, 5.41) is 28.2. The van der Waals surface area contributed by atoms with Gasteiger partial charge in [0.15, 0.2) is 0 Å². The van der Waals surface area contributed by atoms with Crippen molar-refractivity contribution in [2.24, 2.45) is 0 Å². The van der Waals surface area contributed by atoms with Gasteiger partial charge in [-0.1, -0.05) is 18.2 Å². The molecule has 1 aromatic carbocycles. The van der Waals surface area contributed by atoms with Crippen LogP contribution in [0, 0.1) is 6.92 Å². The molecule has 0 amide bonds. The number of ether oxygens (including phenoxy) is 1. The van der Waals surface area contributed by atoms with Crippen LogP contribution in [0.5, 0.6) is 5.75 Å². The number of carbonyl (C=O) groups is 2. The van der Waals surface area contributed by atoms with Crippen molar-refractivity contribution in [3.8, 4) is 5.75 Å². The van der Waals surface area contributed by atoms with Gasteiger partial charge in [-0.3, -0.25) is 14.5 Å². The highest BCUT2D eigenvalue weighted by Crippen LogP contribution is 2.36. The lowest BCUT2D eigenvalue weighted by atomic mass is 9.96. The van der Waals surface area contributed by atoms with Crippen LogP contribution >= 0.6 is 0 Å². The van der Waals surface area contributed by atoms with E-state index in [4.69, 9.17) is 14.9 Å². The molecule has 0 radical (unpaired) electrons. The Hall–Kier alpha value is -2.12. The van der Waals surface area contributed by atoms with Gasteiger partial charge < -0.3 is 20.1 Å². The second kappa shape index (κ2) is 6.11. The number of nitrogens with zero attached hydrogens (tertiary/aromatic N) is 1. The van der Waals surface area contributed by atoms with Gasteiger partial charge in [0.2, 0.25) is 0 Å². The maximum Gasteiger partial charge on any atom is 0.317 e. The first-order chi connectivity index (χ1) is 9.90. The summed E-state index contributed by atoms with van der Waals surface area (Å²) in [7, 11) is 0. The van der Waals surface area contributed by atoms with E-state index in [0.29, 0.717) is 11.3 Å². The van der Waals surface area contributed by atoms with E-state index < -0.39 is 37.2 Å². The lowest BCUT2D eigenvalue weighted by Gasteiger charge is -2.37. The highest BCUT2D eigenvalue weighted by atomic mass is 16.5. The Bertz CT molecular complexity index is 542. The summed E-state index contributed by atoms with van der Waals surface area (Å²) >= 11 is 0. The fourth-order valence-corrected chi connectivity index (χ4v) is 2.52. The van der Waals surface area contributed by atoms with Crippen LogP contribution in [0.1, 0.15) is 17.2 Å². The van der Waals surface area contributed by atoms with Crippen molar-refractivity contribution < 1.29 is 29.6 Å². The molecule has 0 fully saturated rings. The molecule has 114 valence electrons. The van der Waals surface area contributed by atoms with Gasteiger partial charge in [0.25, 0.3) is 0 Å². The molecule has 1 aromatic rings. The molecular weight excluding hydrogens is 278 g/mol. The van der Waals surface area contributed by atoms with Gasteiger partial charge in [0, 0.05) is 5.56 Å². The van der Waals surface area contributed by atoms with Crippen molar-refractivity contribution in [1.29, 1.82) is 0 Å². The fraction of sp³-hybridized carbons (Fsp3) is 0.429. The molecule has 1 heterocycles. The summed E-state index contributed by atoms with van der Waals surface area (Å²) in [6.07, 6.45) is -0.993. The van der Waals surface area contributed by atoms with Crippen molar-refractivity contribution in [2.45, 2.75) is 19.1 Å². The minimum Gasteiger partial charge on any atom is -0.491 e. The van der Waals surface area contributed by atoms with Gasteiger partial charge in [-0.05, 0) is 12.5 Å². The van der Waals surface area contributed by atoms with Crippen molar-refractivity contribution in [2.75, 3.05) is 19.7 Å². The van der Waals surface area contributed by atoms with Gasteiger partial charge in [0.1, 0.15) is 18.5 Å². The Balaban J connectivity index is 2.27. The molecule has 2 rings (SSSR count). The normalized spacial score (nSPS) is 20.7. The Labute approximate surface area is 121 Å². The van der Waals surface area contributed by atoms with Crippen molar-refractivity contribution in [1.82, 2.24) is 4.90 Å². The SMILES string of the molecule is Cc1cccc2c1OCC(N(CC(=O)O)CC(=O)O)C2O. The molecule has 0 bridgehead atoms. The molecule has 7 heteroatoms. The van der Waals surface area contributed by atoms with E-state index in [1.54, 1.807) is 12.1 Å². The quantitative estimate of drug-likeness (QED) is 0.715. The third kappa shape index (κ3) is 3.32. The standard InChI is InChI=1S/C14H17NO6/c1-8-3-2-4-9-13(20)10(7-21-14(8)9)15(5-11(16)17)6-12(18)19/h2-4,10,13,20H,5-7H2,1H3,(H,16,17)(H,18,19). The van der Waals surface area contributed by atoms with Gasteiger partial charge in [0.05, 0.1) is 19.1 Å². The molecule has 2 unspecified atom stereocenters. The predicted molar refractivity (Wildman–Crippen MR) is 72.3 cm³/mol. The number of aliphatic carboxylic acids is 2. The third-order valence-corrected chi connectivity index (χ3v) is 3.47. The minimum atomic E-state index is -1.15. The van der Waals surface area contributed by atoms with Crippen LogP contribution < -0.4 is 4.74 Å². The molecule has 0 spiro atoms. The second-order valence-electron chi connectivity index (χ2n) is 5.01. The van der Waals surface area contributed by atoms with E-state index in [2.05, 4.69) is 0 Å². The van der Waals surface area contributed by atoms with Crippen LogP contribution in [-0.4, -0.2) is 57.9 Å². The maximum atomic E-state index is 10.9. The summed E-state index contributed by atoms with van der Waals surface area (Å²) in [6, 6.07) is 4.59. The van der Waals surface area contributed by atoms with Gasteiger partial charge in [-0.25, -0.2) is 0 Å². The highest BCUT2D eigenvalue weighted by Gasteiger charge is 2.36. The topological polar surface area (TPSA) is 107 Å². The van der Waals surface area contributed by atoms with Crippen molar-refractivity contribution in [3.05, 3.63) is 29.3 Å². The first-order valence-corrected chi connectivity index (χ1v) is 6.48. The van der Waals surface area contributed by atoms with Crippen LogP contribution in [0.2, 0.25) is 0 Å². The number of aliphatic hydroxyl groups is 1. The van der Waals surface area contributed by atoms with Crippen LogP contribution in [0.4, 0.5) is 0 Å². The van der Waals surface area contributed by atoms with Gasteiger partial charge in [-0.15, -0.1) is 0 Å². The monoisotopic (exact) mass is 295 g/mol. The molecular formula is C14H17NO6. The number of benzene rings is 1. The zero-order valence-corrected chi connectivity index (χ0v) is 11.5. The van der Waals surface area contributed by atoms with E-state index in [1.807, 2.05) is 13.0 Å². The number of hydrogen-bond acceptors (Lipinski definition) is 5. The Morgan fingerprint density at radius 3 is 2.48 bits per heavy atom. The molecule has 21 heavy (non-hydrogen) atoms. The van der Waals surface area contributed by atoms with Crippen LogP contribution in [0.25, 0.3) is 0 Å². The molecule has 0 aliphatic carbocycles. The van der Waals surface area contributed by atoms with Crippen LogP contribution in [-0.2, 0) is 9.59 Å². The van der Waals surface area contributed by atoms with Crippen molar-refractivity contribution in [3.63, 3.8) is 0 Å². The first-order valence-electron chi connectivity index (χ1n) is 6.48. The third-order valence-electron chi connectivity index (χ3n) is 3.47. The summed E-state index contributed by atoms with van der Waals surface area (Å²) < 4.78 is 5.59. The largest absolute Gasteiger partial charge is 0.491 e. The van der Waals surface area contributed by atoms with E-state index in [9.17, 15) is 14.7 Å². The first kappa shape index (κ1) is 15.3. The number of aryl methyl sites for hydroxylation is 1. The second-order valence-corrected chi connectivity index (χ2v) is 5.01. The van der Waals surface area contributed by atoms with E-state index in [-0.39, 0.29) is 6.61 Å². The summed E-state index contributed by atoms with van der Waals surface area (Å²) in [5.74, 6) is -1.73. The summed E-state index contributed by atoms with van der Waals surface area (Å²) in [5.41, 5.74) is 1.42. The molecule has 1 aliphatic heterocycles. The lowest BCUT2D eigenvalue weighted by Crippen LogP contribution is -2.50. The number of hydrogen-bond donors (Lipinski definition) is 3. The maximum absolute atomic E-state index is 10.9. The molecule has 0 aromatic heterocycles. The molecule has 0 saturated heterocycles. The summed E-state index contributed by atoms with van der Waals surface area (Å²) in [6.45, 7) is 0.939. The number of para-hydroxylation sites is 1. The smallest absolute Gasteiger partial charge is 0.317 e. The Kier molecular flexibility index (Phi) is 4.44. The average Bonchev–Trinajstić information content (AvgIpc) is 2.38. The predicted octanol–water partition coefficient (Wildman–Crippen LogP) is 0.261. The minimum absolute atomic E-state index is 0.0413. The van der Waals surface area contributed by atoms with Crippen LogP contribution in [0.15, 0.2) is 18.2 Å². The zero-order chi connectivity index (χ0) is 15.6. The van der Waals surface area contributed by atoms with Gasteiger partial charge >= 0.3 is 11.9 Å². The van der Waals surface area contributed by atoms with E-state index >= 15 is 0 Å². The number of rotatable bonds is 5. The number of carboxylic acids is 2. The van der Waals surface area contributed by atoms with Gasteiger partial charge in [-0.2, -0.15) is 0 Å². The van der Waals surface area contributed by atoms with E-state index in [1.165, 1.54) is 4.90 Å². The number of carboxylic acid groups (broad SMARTS) is 2. The molecule has 7 nitrogen and oxygen atoms in total. The van der Waals surface area contributed by atoms with E-state index in [0.717, 1.165) is 5.56 Å². The molecule has 2 atom stereocenters. The summed E-state index contributed by atoms with van der Waals surface area (Å²) in [4.78, 5) is 23.0. The fourth-order valence-electron chi connectivity index (χ4n) is 2.52. The zero-order valence-electron chi connectivity index (χ0n) is 11.5. The lowest BCUT2D eigenvalue weighted by molar-refractivity contribution is -0.144. The molecule has 0 saturated carbocycles. The number of fused-ring (bicyclic) bond motifs is 1. The van der Waals surface area contributed by atoms with Crippen LogP contribution in [0.3, 0.4) is 0 Å².